The van der Waals surface area contributed by atoms with Crippen molar-refractivity contribution in [3.63, 3.8) is 0 Å². The fraction of sp³-hybridized carbons (Fsp3) is 0.467. The maximum Gasteiger partial charge on any atom is 0.393 e. The highest BCUT2D eigenvalue weighted by Gasteiger charge is 2.44. The minimum Gasteiger partial charge on any atom is -0.338 e. The summed E-state index contributed by atoms with van der Waals surface area (Å²) in [6, 6.07) is 4.71. The number of rotatable bonds is 2. The van der Waals surface area contributed by atoms with Gasteiger partial charge in [0.2, 0.25) is 0 Å². The van der Waals surface area contributed by atoms with Crippen LogP contribution in [0.25, 0.3) is 11.0 Å². The first-order chi connectivity index (χ1) is 10.8. The molecule has 1 aromatic heterocycles. The van der Waals surface area contributed by atoms with Gasteiger partial charge in [0.1, 0.15) is 0 Å². The van der Waals surface area contributed by atoms with E-state index in [9.17, 15) is 22.8 Å². The molecule has 0 bridgehead atoms. The molecule has 1 atom stereocenters. The number of hydrogen-bond acceptors (Lipinski definition) is 2. The summed E-state index contributed by atoms with van der Waals surface area (Å²) in [6.45, 7) is 2.10. The zero-order chi connectivity index (χ0) is 16.8. The Morgan fingerprint density at radius 1 is 1.39 bits per heavy atom. The summed E-state index contributed by atoms with van der Waals surface area (Å²) in [5.41, 5.74) is 1.19. The van der Waals surface area contributed by atoms with E-state index in [2.05, 4.69) is 4.98 Å². The van der Waals surface area contributed by atoms with Crippen LogP contribution in [0.1, 0.15) is 23.7 Å². The van der Waals surface area contributed by atoms with Crippen LogP contribution in [0, 0.1) is 5.92 Å². The maximum atomic E-state index is 12.7. The molecule has 1 aromatic carbocycles. The van der Waals surface area contributed by atoms with Gasteiger partial charge in [0, 0.05) is 25.2 Å². The van der Waals surface area contributed by atoms with E-state index in [1.54, 1.807) is 12.1 Å². The molecule has 1 unspecified atom stereocenters. The number of aromatic nitrogens is 2. The number of carbonyl (C=O) groups is 1. The average molecular weight is 327 g/mol. The van der Waals surface area contributed by atoms with Crippen molar-refractivity contribution < 1.29 is 18.0 Å². The number of H-pyrrole nitrogens is 1. The van der Waals surface area contributed by atoms with Crippen LogP contribution in [0.4, 0.5) is 13.2 Å². The number of benzene rings is 1. The van der Waals surface area contributed by atoms with E-state index in [0.29, 0.717) is 17.6 Å². The first-order valence-corrected chi connectivity index (χ1v) is 7.40. The summed E-state index contributed by atoms with van der Waals surface area (Å²) in [4.78, 5) is 28.0. The highest BCUT2D eigenvalue weighted by atomic mass is 19.4. The van der Waals surface area contributed by atoms with E-state index in [1.165, 1.54) is 15.5 Å². The lowest BCUT2D eigenvalue weighted by molar-refractivity contribution is -0.169. The van der Waals surface area contributed by atoms with Crippen LogP contribution in [0.3, 0.4) is 0 Å². The van der Waals surface area contributed by atoms with Gasteiger partial charge in [-0.3, -0.25) is 9.36 Å². The van der Waals surface area contributed by atoms with Crippen LogP contribution >= 0.6 is 0 Å². The molecular weight excluding hydrogens is 311 g/mol. The van der Waals surface area contributed by atoms with Crippen LogP contribution < -0.4 is 5.69 Å². The van der Waals surface area contributed by atoms with Crippen molar-refractivity contribution in [1.82, 2.24) is 14.5 Å². The second-order valence-corrected chi connectivity index (χ2v) is 5.68. The smallest absolute Gasteiger partial charge is 0.338 e. The molecule has 0 aliphatic carbocycles. The van der Waals surface area contributed by atoms with Gasteiger partial charge in [0.05, 0.1) is 17.0 Å². The number of nitrogens with zero attached hydrogens (tertiary/aromatic N) is 2. The molecule has 0 spiro atoms. The van der Waals surface area contributed by atoms with Gasteiger partial charge in [-0.2, -0.15) is 13.2 Å². The fourth-order valence-electron chi connectivity index (χ4n) is 3.01. The van der Waals surface area contributed by atoms with Crippen molar-refractivity contribution in [3.8, 4) is 0 Å². The molecule has 1 amide bonds. The first kappa shape index (κ1) is 15.6. The Morgan fingerprint density at radius 2 is 2.13 bits per heavy atom. The predicted octanol–water partition coefficient (Wildman–Crippen LogP) is 2.37. The number of aryl methyl sites for hydroxylation is 1. The quantitative estimate of drug-likeness (QED) is 0.921. The third kappa shape index (κ3) is 2.73. The second-order valence-electron chi connectivity index (χ2n) is 5.68. The normalized spacial score (nSPS) is 18.8. The van der Waals surface area contributed by atoms with Gasteiger partial charge >= 0.3 is 11.9 Å². The van der Waals surface area contributed by atoms with Gasteiger partial charge in [-0.05, 0) is 31.5 Å². The molecule has 3 rings (SSSR count). The van der Waals surface area contributed by atoms with Crippen molar-refractivity contribution in [1.29, 1.82) is 0 Å². The van der Waals surface area contributed by atoms with Crippen LogP contribution in [0.15, 0.2) is 23.0 Å². The number of hydrogen-bond donors (Lipinski definition) is 1. The lowest BCUT2D eigenvalue weighted by Crippen LogP contribution is -2.31. The predicted molar refractivity (Wildman–Crippen MR) is 78.3 cm³/mol. The van der Waals surface area contributed by atoms with Crippen molar-refractivity contribution in [2.75, 3.05) is 13.1 Å². The number of halogens is 3. The number of alkyl halides is 3. The zero-order valence-corrected chi connectivity index (χ0v) is 12.5. The SMILES string of the molecule is CCn1c(=O)[nH]c2cc(C(=O)N3CCC(C(F)(F)F)C3)ccc21. The van der Waals surface area contributed by atoms with E-state index in [0.717, 1.165) is 0 Å². The van der Waals surface area contributed by atoms with Gasteiger partial charge < -0.3 is 9.88 Å². The van der Waals surface area contributed by atoms with Gasteiger partial charge in [0.25, 0.3) is 5.91 Å². The van der Waals surface area contributed by atoms with Crippen LogP contribution in [0.5, 0.6) is 0 Å². The zero-order valence-electron chi connectivity index (χ0n) is 12.5. The number of likely N-dealkylation sites (tertiary alicyclic amines) is 1. The van der Waals surface area contributed by atoms with E-state index in [1.807, 2.05) is 6.92 Å². The lowest BCUT2D eigenvalue weighted by atomic mass is 10.1. The van der Waals surface area contributed by atoms with Gasteiger partial charge in [-0.1, -0.05) is 0 Å². The van der Waals surface area contributed by atoms with Crippen molar-refractivity contribution in [3.05, 3.63) is 34.2 Å². The largest absolute Gasteiger partial charge is 0.393 e. The summed E-state index contributed by atoms with van der Waals surface area (Å²) in [5.74, 6) is -1.90. The molecule has 8 heteroatoms. The van der Waals surface area contributed by atoms with Gasteiger partial charge in [0.15, 0.2) is 0 Å². The van der Waals surface area contributed by atoms with E-state index < -0.39 is 18.0 Å². The number of imidazole rings is 1. The van der Waals surface area contributed by atoms with E-state index >= 15 is 0 Å². The van der Waals surface area contributed by atoms with Crippen LogP contribution in [-0.2, 0) is 6.54 Å². The van der Waals surface area contributed by atoms with Gasteiger partial charge in [-0.25, -0.2) is 4.79 Å². The number of carbonyl (C=O) groups excluding carboxylic acids is 1. The molecule has 0 radical (unpaired) electrons. The second kappa shape index (κ2) is 5.43. The standard InChI is InChI=1S/C15H16F3N3O2/c1-2-21-12-4-3-9(7-11(12)19-14(21)23)13(22)20-6-5-10(8-20)15(16,17)18/h3-4,7,10H,2,5-6,8H2,1H3,(H,19,23). The molecule has 1 aliphatic heterocycles. The average Bonchev–Trinajstić information content (AvgIpc) is 3.08. The van der Waals surface area contributed by atoms with Crippen LogP contribution in [-0.4, -0.2) is 39.6 Å². The van der Waals surface area contributed by atoms with Crippen molar-refractivity contribution >= 4 is 16.9 Å². The van der Waals surface area contributed by atoms with Gasteiger partial charge in [-0.15, -0.1) is 0 Å². The molecule has 1 aliphatic rings. The maximum absolute atomic E-state index is 12.7. The van der Waals surface area contributed by atoms with E-state index in [-0.39, 0.29) is 30.8 Å². The molecule has 1 N–H and O–H groups in total. The monoisotopic (exact) mass is 327 g/mol. The summed E-state index contributed by atoms with van der Waals surface area (Å²) in [7, 11) is 0. The molecular formula is C15H16F3N3O2. The number of fused-ring (bicyclic) bond motifs is 1. The summed E-state index contributed by atoms with van der Waals surface area (Å²) in [6.07, 6.45) is -4.34. The summed E-state index contributed by atoms with van der Waals surface area (Å²) < 4.78 is 39.7. The van der Waals surface area contributed by atoms with Crippen LogP contribution in [0.2, 0.25) is 0 Å². The molecule has 0 saturated carbocycles. The molecule has 1 fully saturated rings. The molecule has 2 heterocycles. The third-order valence-electron chi connectivity index (χ3n) is 4.28. The minimum absolute atomic E-state index is 0.0689. The Bertz CT molecular complexity index is 806. The molecule has 124 valence electrons. The summed E-state index contributed by atoms with van der Waals surface area (Å²) in [5, 5.41) is 0. The molecule has 23 heavy (non-hydrogen) atoms. The summed E-state index contributed by atoms with van der Waals surface area (Å²) >= 11 is 0. The number of nitrogens with one attached hydrogen (secondary N) is 1. The van der Waals surface area contributed by atoms with E-state index in [4.69, 9.17) is 0 Å². The Morgan fingerprint density at radius 3 is 2.74 bits per heavy atom. The Labute approximate surface area is 129 Å². The van der Waals surface area contributed by atoms with Crippen molar-refractivity contribution in [2.45, 2.75) is 26.1 Å². The topological polar surface area (TPSA) is 58.1 Å². The van der Waals surface area contributed by atoms with Crippen molar-refractivity contribution in [2.24, 2.45) is 5.92 Å². The molecule has 5 nitrogen and oxygen atoms in total. The fourth-order valence-corrected chi connectivity index (χ4v) is 3.01. The Balaban J connectivity index is 1.86. The molecule has 2 aromatic rings. The Kier molecular flexibility index (Phi) is 3.69. The third-order valence-corrected chi connectivity index (χ3v) is 4.28. The highest BCUT2D eigenvalue weighted by molar-refractivity contribution is 5.97. The lowest BCUT2D eigenvalue weighted by Gasteiger charge is -2.18. The molecule has 1 saturated heterocycles. The number of amides is 1. The highest BCUT2D eigenvalue weighted by Crippen LogP contribution is 2.34. The number of aromatic amines is 1. The minimum atomic E-state index is -4.28. The Hall–Kier alpha value is -2.25. The first-order valence-electron chi connectivity index (χ1n) is 7.40.